The van der Waals surface area contributed by atoms with Gasteiger partial charge in [-0.05, 0) is 83.9 Å². The average molecular weight is 714 g/mol. The molecular formula is C35H37BrN8O4. The van der Waals surface area contributed by atoms with Gasteiger partial charge in [0.15, 0.2) is 5.78 Å². The molecule has 0 saturated carbocycles. The Morgan fingerprint density at radius 1 is 1.08 bits per heavy atom. The number of pyridine rings is 1. The maximum absolute atomic E-state index is 14.3. The van der Waals surface area contributed by atoms with Crippen LogP contribution in [0.15, 0.2) is 53.4 Å². The Labute approximate surface area is 286 Å². The first-order chi connectivity index (χ1) is 22.9. The minimum absolute atomic E-state index is 0.0966. The fourth-order valence-corrected chi connectivity index (χ4v) is 6.73. The number of anilines is 1. The maximum atomic E-state index is 14.3. The van der Waals surface area contributed by atoms with Crippen LogP contribution in [0.1, 0.15) is 60.5 Å². The number of aromatic nitrogens is 5. The largest absolute Gasteiger partial charge is 0.355 e. The number of benzene rings is 1. The topological polar surface area (TPSA) is 152 Å². The minimum atomic E-state index is -0.821. The summed E-state index contributed by atoms with van der Waals surface area (Å²) in [4.78, 5) is 68.6. The highest BCUT2D eigenvalue weighted by atomic mass is 79.9. The fourth-order valence-electron chi connectivity index (χ4n) is 6.42. The molecule has 2 aliphatic rings. The van der Waals surface area contributed by atoms with Crippen LogP contribution in [0.4, 0.5) is 5.82 Å². The number of amides is 3. The number of ketones is 1. The number of nitrogens with one attached hydrogen (secondary N) is 2. The van der Waals surface area contributed by atoms with Gasteiger partial charge in [-0.2, -0.15) is 5.10 Å². The third-order valence-corrected chi connectivity index (χ3v) is 9.39. The molecule has 0 aliphatic carbocycles. The van der Waals surface area contributed by atoms with E-state index in [4.69, 9.17) is 0 Å². The van der Waals surface area contributed by atoms with Crippen LogP contribution in [-0.4, -0.2) is 72.3 Å². The summed E-state index contributed by atoms with van der Waals surface area (Å²) < 4.78 is 2.16. The van der Waals surface area contributed by atoms with Gasteiger partial charge in [0.2, 0.25) is 17.7 Å². The van der Waals surface area contributed by atoms with E-state index in [1.54, 1.807) is 28.0 Å². The zero-order valence-electron chi connectivity index (χ0n) is 27.3. The first-order valence-electron chi connectivity index (χ1n) is 15.9. The summed E-state index contributed by atoms with van der Waals surface area (Å²) in [6.45, 7) is 7.46. The van der Waals surface area contributed by atoms with Crippen molar-refractivity contribution < 1.29 is 19.2 Å². The summed E-state index contributed by atoms with van der Waals surface area (Å²) in [6, 6.07) is 6.70. The molecule has 1 fully saturated rings. The zero-order valence-corrected chi connectivity index (χ0v) is 28.9. The van der Waals surface area contributed by atoms with Crippen LogP contribution in [-0.2, 0) is 27.3 Å². The van der Waals surface area contributed by atoms with Crippen LogP contribution in [0.5, 0.6) is 0 Å². The molecule has 248 valence electrons. The van der Waals surface area contributed by atoms with Gasteiger partial charge in [0.1, 0.15) is 34.5 Å². The van der Waals surface area contributed by atoms with Crippen LogP contribution >= 0.6 is 15.9 Å². The van der Waals surface area contributed by atoms with Gasteiger partial charge in [-0.1, -0.05) is 25.1 Å². The monoisotopic (exact) mass is 712 g/mol. The highest BCUT2D eigenvalue weighted by Crippen LogP contribution is 2.36. The number of carbonyl (C=O) groups excluding carboxylic acids is 4. The second-order valence-electron chi connectivity index (χ2n) is 12.9. The van der Waals surface area contributed by atoms with E-state index in [-0.39, 0.29) is 42.3 Å². The Hall–Kier alpha value is -4.78. The van der Waals surface area contributed by atoms with Crippen LogP contribution in [0.25, 0.3) is 22.0 Å². The third-order valence-electron chi connectivity index (χ3n) is 8.95. The highest BCUT2D eigenvalue weighted by Gasteiger charge is 2.46. The lowest BCUT2D eigenvalue weighted by atomic mass is 9.87. The smallest absolute Gasteiger partial charge is 0.248 e. The van der Waals surface area contributed by atoms with Gasteiger partial charge >= 0.3 is 0 Å². The molecule has 2 bridgehead atoms. The molecule has 6 rings (SSSR count). The van der Waals surface area contributed by atoms with E-state index in [0.717, 1.165) is 22.3 Å². The van der Waals surface area contributed by atoms with E-state index < -0.39 is 11.5 Å². The molecule has 13 heteroatoms. The SMILES string of the molecule is CC(=O)c1nn2c3c(cc(-c4cnc(C)nc4)cc13)C/C=C\CCC(=O)NC[C@]1(C)C[C@@H](C(=O)Nc3nc(Br)ccc3C)N(C1)C(=O)C2. The van der Waals surface area contributed by atoms with Crippen molar-refractivity contribution in [2.75, 3.05) is 18.4 Å². The lowest BCUT2D eigenvalue weighted by Crippen LogP contribution is -2.45. The van der Waals surface area contributed by atoms with Crippen molar-refractivity contribution in [1.29, 1.82) is 0 Å². The molecule has 3 amide bonds. The van der Waals surface area contributed by atoms with Crippen LogP contribution in [0.3, 0.4) is 0 Å². The van der Waals surface area contributed by atoms with Gasteiger partial charge in [0.05, 0.1) is 5.52 Å². The van der Waals surface area contributed by atoms with Crippen molar-refractivity contribution in [3.05, 3.63) is 76.1 Å². The molecule has 3 aromatic heterocycles. The molecular weight excluding hydrogens is 676 g/mol. The fraction of sp³-hybridized carbons (Fsp3) is 0.371. The van der Waals surface area contributed by atoms with Crippen LogP contribution in [0, 0.1) is 19.3 Å². The lowest BCUT2D eigenvalue weighted by molar-refractivity contribution is -0.137. The number of aryl methyl sites for hydroxylation is 2. The van der Waals surface area contributed by atoms with Crippen molar-refractivity contribution in [2.45, 2.75) is 66.0 Å². The Bertz CT molecular complexity index is 1970. The van der Waals surface area contributed by atoms with Gasteiger partial charge in [-0.15, -0.1) is 0 Å². The molecule has 48 heavy (non-hydrogen) atoms. The Balaban J connectivity index is 1.43. The molecule has 0 spiro atoms. The normalized spacial score (nSPS) is 20.9. The number of Topliss-reactive ketones (excluding diaryl/α,β-unsaturated/α-hetero) is 1. The summed E-state index contributed by atoms with van der Waals surface area (Å²) in [6.07, 6.45) is 9.09. The van der Waals surface area contributed by atoms with Gasteiger partial charge in [0.25, 0.3) is 0 Å². The van der Waals surface area contributed by atoms with Crippen molar-refractivity contribution in [1.82, 2.24) is 34.9 Å². The molecule has 2 aliphatic heterocycles. The quantitative estimate of drug-likeness (QED) is 0.175. The number of allylic oxidation sites excluding steroid dienone is 2. The van der Waals surface area contributed by atoms with E-state index in [0.29, 0.717) is 59.4 Å². The van der Waals surface area contributed by atoms with Crippen LogP contribution < -0.4 is 10.6 Å². The van der Waals surface area contributed by atoms with Gasteiger partial charge in [-0.25, -0.2) is 15.0 Å². The molecule has 2 atom stereocenters. The standard InChI is InChI=1S/C35H37BrN8O4/c1-20-10-11-28(36)40-33(20)41-34(48)27-14-35(4)18-39-29(46)9-7-5-6-8-23-12-24(25-15-37-22(3)38-16-25)13-26-31(21(2)45)42-44(32(23)26)17-30(47)43(27)19-35/h5-6,10-13,15-16,27H,7-9,14,17-19H2,1-4H3,(H,39,46)(H,40,41,48)/b6-5-/t27-,35-/m0/s1. The molecule has 0 unspecified atom stereocenters. The first kappa shape index (κ1) is 33.1. The van der Waals surface area contributed by atoms with Gasteiger partial charge in [0, 0.05) is 55.2 Å². The van der Waals surface area contributed by atoms with E-state index in [1.165, 1.54) is 6.92 Å². The summed E-state index contributed by atoms with van der Waals surface area (Å²) >= 11 is 3.36. The lowest BCUT2D eigenvalue weighted by Gasteiger charge is -2.26. The molecule has 2 N–H and O–H groups in total. The molecule has 0 radical (unpaired) electrons. The van der Waals surface area contributed by atoms with E-state index >= 15 is 0 Å². The number of hydrogen-bond donors (Lipinski definition) is 2. The number of carbonyl (C=O) groups is 4. The summed E-state index contributed by atoms with van der Waals surface area (Å²) in [7, 11) is 0. The minimum Gasteiger partial charge on any atom is -0.355 e. The number of nitrogens with zero attached hydrogens (tertiary/aromatic N) is 6. The van der Waals surface area contributed by atoms with Gasteiger partial charge in [-0.3, -0.25) is 23.9 Å². The Morgan fingerprint density at radius 2 is 1.85 bits per heavy atom. The second kappa shape index (κ2) is 13.4. The number of hydrogen-bond acceptors (Lipinski definition) is 8. The molecule has 1 aromatic carbocycles. The number of rotatable bonds is 4. The predicted molar refractivity (Wildman–Crippen MR) is 184 cm³/mol. The maximum Gasteiger partial charge on any atom is 0.248 e. The Kier molecular flexibility index (Phi) is 9.24. The van der Waals surface area contributed by atoms with Crippen molar-refractivity contribution in [3.63, 3.8) is 0 Å². The van der Waals surface area contributed by atoms with Crippen molar-refractivity contribution >= 4 is 56.2 Å². The first-order valence-corrected chi connectivity index (χ1v) is 16.7. The van der Waals surface area contributed by atoms with Gasteiger partial charge < -0.3 is 15.5 Å². The highest BCUT2D eigenvalue weighted by molar-refractivity contribution is 9.10. The zero-order chi connectivity index (χ0) is 34.2. The predicted octanol–water partition coefficient (Wildman–Crippen LogP) is 4.72. The molecule has 1 saturated heterocycles. The van der Waals surface area contributed by atoms with E-state index in [1.807, 2.05) is 51.1 Å². The van der Waals surface area contributed by atoms with E-state index in [2.05, 4.69) is 46.6 Å². The number of fused-ring (bicyclic) bond motifs is 2. The number of halogens is 1. The summed E-state index contributed by atoms with van der Waals surface area (Å²) in [5.74, 6) is 0.0222. The molecule has 5 heterocycles. The average Bonchev–Trinajstić information content (AvgIpc) is 3.60. The summed E-state index contributed by atoms with van der Waals surface area (Å²) in [5, 5.41) is 11.2. The Morgan fingerprint density at radius 3 is 2.60 bits per heavy atom. The molecule has 12 nitrogen and oxygen atoms in total. The third kappa shape index (κ3) is 6.91. The van der Waals surface area contributed by atoms with E-state index in [9.17, 15) is 19.2 Å². The van der Waals surface area contributed by atoms with Crippen LogP contribution in [0.2, 0.25) is 0 Å². The van der Waals surface area contributed by atoms with Crippen molar-refractivity contribution in [2.24, 2.45) is 5.41 Å². The summed E-state index contributed by atoms with van der Waals surface area (Å²) in [5.41, 5.74) is 3.58. The molecule has 4 aromatic rings. The van der Waals surface area contributed by atoms with Crippen molar-refractivity contribution in [3.8, 4) is 11.1 Å². The second-order valence-corrected chi connectivity index (χ2v) is 13.8.